The van der Waals surface area contributed by atoms with Crippen LogP contribution in [0.15, 0.2) is 86.7 Å². The monoisotopic (exact) mass is 388 g/mol. The molecule has 1 atom stereocenters. The molecule has 3 rings (SSSR count). The van der Waals surface area contributed by atoms with Crippen LogP contribution in [0.1, 0.15) is 29.9 Å². The molecule has 0 aliphatic rings. The van der Waals surface area contributed by atoms with Crippen LogP contribution in [0.5, 0.6) is 0 Å². The van der Waals surface area contributed by atoms with Crippen molar-refractivity contribution < 1.29 is 9.21 Å². The van der Waals surface area contributed by atoms with Gasteiger partial charge in [0.15, 0.2) is 5.09 Å². The minimum absolute atomic E-state index is 0.00372. The summed E-state index contributed by atoms with van der Waals surface area (Å²) in [5.41, 5.74) is 2.17. The van der Waals surface area contributed by atoms with Gasteiger partial charge in [-0.1, -0.05) is 59.8 Å². The third-order valence-corrected chi connectivity index (χ3v) is 5.07. The van der Waals surface area contributed by atoms with E-state index in [4.69, 9.17) is 4.42 Å². The van der Waals surface area contributed by atoms with Gasteiger partial charge in [-0.2, -0.15) is 5.26 Å². The van der Waals surface area contributed by atoms with E-state index in [0.717, 1.165) is 10.5 Å². The van der Waals surface area contributed by atoms with E-state index in [1.165, 1.54) is 23.4 Å². The zero-order valence-electron chi connectivity index (χ0n) is 15.7. The average molecular weight is 388 g/mol. The van der Waals surface area contributed by atoms with Crippen LogP contribution in [-0.2, 0) is 4.79 Å². The number of furan rings is 1. The first kappa shape index (κ1) is 19.5. The highest BCUT2D eigenvalue weighted by Crippen LogP contribution is 2.30. The molecule has 5 heteroatoms. The fraction of sp³-hybridized carbons (Fsp3) is 0.130. The average Bonchev–Trinajstić information content (AvgIpc) is 3.15. The first-order valence-corrected chi connectivity index (χ1v) is 9.69. The number of rotatable bonds is 6. The fourth-order valence-electron chi connectivity index (χ4n) is 2.58. The van der Waals surface area contributed by atoms with Gasteiger partial charge in [-0.25, -0.2) is 0 Å². The van der Waals surface area contributed by atoms with Crippen LogP contribution < -0.4 is 5.32 Å². The minimum atomic E-state index is -0.428. The van der Waals surface area contributed by atoms with E-state index in [0.29, 0.717) is 10.9 Å². The molecule has 1 heterocycles. The molecular formula is C23H20N2O2S. The predicted molar refractivity (Wildman–Crippen MR) is 111 cm³/mol. The van der Waals surface area contributed by atoms with E-state index in [9.17, 15) is 10.1 Å². The highest BCUT2D eigenvalue weighted by Gasteiger charge is 2.14. The van der Waals surface area contributed by atoms with Crippen molar-refractivity contribution in [1.29, 1.82) is 5.26 Å². The Balaban J connectivity index is 1.68. The first-order valence-electron chi connectivity index (χ1n) is 8.87. The maximum absolute atomic E-state index is 12.4. The molecule has 0 radical (unpaired) electrons. The number of aryl methyl sites for hydroxylation is 1. The van der Waals surface area contributed by atoms with E-state index >= 15 is 0 Å². The predicted octanol–water partition coefficient (Wildman–Crippen LogP) is 5.52. The molecule has 1 aromatic heterocycles. The number of benzene rings is 2. The summed E-state index contributed by atoms with van der Waals surface area (Å²) in [5, 5.41) is 12.9. The molecule has 2 aromatic carbocycles. The molecule has 0 fully saturated rings. The summed E-state index contributed by atoms with van der Waals surface area (Å²) in [5.74, 6) is 0.0386. The number of hydrogen-bond acceptors (Lipinski definition) is 4. The largest absolute Gasteiger partial charge is 0.450 e. The number of carbonyl (C=O) groups is 1. The second-order valence-corrected chi connectivity index (χ2v) is 7.43. The van der Waals surface area contributed by atoms with Crippen molar-refractivity contribution in [3.05, 3.63) is 89.2 Å². The van der Waals surface area contributed by atoms with Gasteiger partial charge in [0.25, 0.3) is 5.91 Å². The van der Waals surface area contributed by atoms with Crippen molar-refractivity contribution in [2.24, 2.45) is 0 Å². The maximum Gasteiger partial charge on any atom is 0.262 e. The third-order valence-electron chi connectivity index (χ3n) is 4.14. The Labute approximate surface area is 168 Å². The zero-order valence-corrected chi connectivity index (χ0v) is 16.5. The van der Waals surface area contributed by atoms with Gasteiger partial charge in [0.2, 0.25) is 0 Å². The molecule has 3 aromatic rings. The SMILES string of the molecule is Cc1ccc(Sc2ccc(/C=C(/C#N)C(=O)N[C@H](C)c3ccccc3)o2)cc1. The lowest BCUT2D eigenvalue weighted by molar-refractivity contribution is -0.117. The molecule has 0 aliphatic heterocycles. The van der Waals surface area contributed by atoms with Gasteiger partial charge in [-0.3, -0.25) is 4.79 Å². The summed E-state index contributed by atoms with van der Waals surface area (Å²) >= 11 is 1.49. The standard InChI is InChI=1S/C23H20N2O2S/c1-16-8-11-21(12-9-16)28-22-13-10-20(27-22)14-19(15-24)23(26)25-17(2)18-6-4-3-5-7-18/h3-14,17H,1-2H3,(H,25,26)/b19-14-/t17-/m1/s1. The first-order chi connectivity index (χ1) is 13.5. The van der Waals surface area contributed by atoms with Crippen molar-refractivity contribution >= 4 is 23.7 Å². The molecule has 4 nitrogen and oxygen atoms in total. The highest BCUT2D eigenvalue weighted by molar-refractivity contribution is 7.99. The summed E-state index contributed by atoms with van der Waals surface area (Å²) in [6.07, 6.45) is 1.46. The van der Waals surface area contributed by atoms with Gasteiger partial charge in [0.05, 0.1) is 6.04 Å². The van der Waals surface area contributed by atoms with Crippen molar-refractivity contribution in [1.82, 2.24) is 5.32 Å². The third kappa shape index (κ3) is 5.15. The molecule has 0 spiro atoms. The molecule has 140 valence electrons. The number of amides is 1. The summed E-state index contributed by atoms with van der Waals surface area (Å²) < 4.78 is 5.75. The summed E-state index contributed by atoms with van der Waals surface area (Å²) in [6, 6.07) is 23.1. The smallest absolute Gasteiger partial charge is 0.262 e. The molecular weight excluding hydrogens is 368 g/mol. The highest BCUT2D eigenvalue weighted by atomic mass is 32.2. The van der Waals surface area contributed by atoms with E-state index in [1.54, 1.807) is 6.07 Å². The van der Waals surface area contributed by atoms with Crippen LogP contribution in [0.3, 0.4) is 0 Å². The normalized spacial score (nSPS) is 12.2. The topological polar surface area (TPSA) is 66.0 Å². The lowest BCUT2D eigenvalue weighted by Crippen LogP contribution is -2.27. The Kier molecular flexibility index (Phi) is 6.36. The molecule has 0 saturated heterocycles. The molecule has 1 amide bonds. The quantitative estimate of drug-likeness (QED) is 0.446. The summed E-state index contributed by atoms with van der Waals surface area (Å²) in [4.78, 5) is 13.5. The Morgan fingerprint density at radius 1 is 1.11 bits per heavy atom. The van der Waals surface area contributed by atoms with Gasteiger partial charge >= 0.3 is 0 Å². The van der Waals surface area contributed by atoms with Crippen molar-refractivity contribution in [2.75, 3.05) is 0 Å². The van der Waals surface area contributed by atoms with Gasteiger partial charge in [-0.05, 0) is 43.7 Å². The molecule has 28 heavy (non-hydrogen) atoms. The van der Waals surface area contributed by atoms with Gasteiger partial charge in [0.1, 0.15) is 17.4 Å². The number of nitrogens with one attached hydrogen (secondary N) is 1. The van der Waals surface area contributed by atoms with Crippen LogP contribution in [0.2, 0.25) is 0 Å². The lowest BCUT2D eigenvalue weighted by atomic mass is 10.1. The van der Waals surface area contributed by atoms with Crippen LogP contribution in [-0.4, -0.2) is 5.91 Å². The van der Waals surface area contributed by atoms with Crippen molar-refractivity contribution in [3.63, 3.8) is 0 Å². The number of nitriles is 1. The number of carbonyl (C=O) groups excluding carboxylic acids is 1. The van der Waals surface area contributed by atoms with Crippen molar-refractivity contribution in [3.8, 4) is 6.07 Å². The molecule has 0 bridgehead atoms. The Morgan fingerprint density at radius 2 is 1.82 bits per heavy atom. The van der Waals surface area contributed by atoms with E-state index in [-0.39, 0.29) is 11.6 Å². The summed E-state index contributed by atoms with van der Waals surface area (Å²) in [6.45, 7) is 3.92. The van der Waals surface area contributed by atoms with Gasteiger partial charge in [0, 0.05) is 11.0 Å². The van der Waals surface area contributed by atoms with Crippen LogP contribution in [0.25, 0.3) is 6.08 Å². The zero-order chi connectivity index (χ0) is 19.9. The number of hydrogen-bond donors (Lipinski definition) is 1. The molecule has 0 aliphatic carbocycles. The van der Waals surface area contributed by atoms with Crippen LogP contribution >= 0.6 is 11.8 Å². The van der Waals surface area contributed by atoms with E-state index < -0.39 is 5.91 Å². The van der Waals surface area contributed by atoms with Crippen molar-refractivity contribution in [2.45, 2.75) is 29.9 Å². The maximum atomic E-state index is 12.4. The second kappa shape index (κ2) is 9.12. The van der Waals surface area contributed by atoms with Gasteiger partial charge < -0.3 is 9.73 Å². The van der Waals surface area contributed by atoms with Crippen LogP contribution in [0.4, 0.5) is 0 Å². The Morgan fingerprint density at radius 3 is 2.50 bits per heavy atom. The van der Waals surface area contributed by atoms with E-state index in [2.05, 4.69) is 5.32 Å². The molecule has 0 unspecified atom stereocenters. The lowest BCUT2D eigenvalue weighted by Gasteiger charge is -2.13. The van der Waals surface area contributed by atoms with Crippen LogP contribution in [0, 0.1) is 18.3 Å². The molecule has 0 saturated carbocycles. The summed E-state index contributed by atoms with van der Waals surface area (Å²) in [7, 11) is 0. The Hall–Kier alpha value is -3.23. The Bertz CT molecular complexity index is 1010. The van der Waals surface area contributed by atoms with E-state index in [1.807, 2.05) is 80.6 Å². The fourth-order valence-corrected chi connectivity index (χ4v) is 3.36. The second-order valence-electron chi connectivity index (χ2n) is 6.35. The molecule has 1 N–H and O–H groups in total. The minimum Gasteiger partial charge on any atom is -0.450 e. The van der Waals surface area contributed by atoms with Gasteiger partial charge in [-0.15, -0.1) is 0 Å². The number of nitrogens with zero attached hydrogens (tertiary/aromatic N) is 1.